The number of nitrogens with one attached hydrogen (secondary N) is 1. The molecule has 2 heterocycles. The Morgan fingerprint density at radius 1 is 1.25 bits per heavy atom. The summed E-state index contributed by atoms with van der Waals surface area (Å²) < 4.78 is 22.9. The van der Waals surface area contributed by atoms with Crippen molar-refractivity contribution in [3.8, 4) is 0 Å². The van der Waals surface area contributed by atoms with Gasteiger partial charge in [0.05, 0.1) is 11.5 Å². The summed E-state index contributed by atoms with van der Waals surface area (Å²) in [6.07, 6.45) is 4.64. The molecule has 0 saturated carbocycles. The largest absolute Gasteiger partial charge is 0.314 e. The summed E-state index contributed by atoms with van der Waals surface area (Å²) in [4.78, 5) is 2.56. The molecule has 0 spiro atoms. The molecule has 4 nitrogen and oxygen atoms in total. The molecular formula is C15H30N2O2S. The molecular weight excluding hydrogens is 272 g/mol. The highest BCUT2D eigenvalue weighted by molar-refractivity contribution is 7.91. The number of piperidine rings is 1. The fourth-order valence-corrected chi connectivity index (χ4v) is 5.41. The smallest absolute Gasteiger partial charge is 0.150 e. The lowest BCUT2D eigenvalue weighted by Gasteiger charge is -2.35. The van der Waals surface area contributed by atoms with Crippen LogP contribution in [-0.4, -0.2) is 57.0 Å². The second kappa shape index (κ2) is 7.23. The van der Waals surface area contributed by atoms with Crippen LogP contribution < -0.4 is 5.32 Å². The maximum Gasteiger partial charge on any atom is 0.150 e. The molecule has 2 aliphatic rings. The molecule has 2 aliphatic heterocycles. The van der Waals surface area contributed by atoms with Crippen LogP contribution in [0.1, 0.15) is 39.5 Å². The number of nitrogens with zero attached hydrogens (tertiary/aromatic N) is 1. The summed E-state index contributed by atoms with van der Waals surface area (Å²) in [6, 6.07) is 0.516. The van der Waals surface area contributed by atoms with Gasteiger partial charge in [0.25, 0.3) is 0 Å². The summed E-state index contributed by atoms with van der Waals surface area (Å²) in [5.41, 5.74) is 0. The van der Waals surface area contributed by atoms with Crippen molar-refractivity contribution >= 4 is 9.84 Å². The second-order valence-corrected chi connectivity index (χ2v) is 8.87. The third-order valence-electron chi connectivity index (χ3n) is 4.93. The maximum absolute atomic E-state index is 11.5. The van der Waals surface area contributed by atoms with E-state index in [0.29, 0.717) is 23.5 Å². The van der Waals surface area contributed by atoms with Gasteiger partial charge in [-0.2, -0.15) is 0 Å². The predicted octanol–water partition coefficient (Wildman–Crippen LogP) is 1.52. The van der Waals surface area contributed by atoms with E-state index >= 15 is 0 Å². The summed E-state index contributed by atoms with van der Waals surface area (Å²) in [6.45, 7) is 9.06. The van der Waals surface area contributed by atoms with Gasteiger partial charge in [-0.3, -0.25) is 0 Å². The van der Waals surface area contributed by atoms with Crippen molar-refractivity contribution in [1.29, 1.82) is 0 Å². The van der Waals surface area contributed by atoms with Gasteiger partial charge < -0.3 is 10.2 Å². The van der Waals surface area contributed by atoms with Crippen molar-refractivity contribution in [2.24, 2.45) is 11.8 Å². The third kappa shape index (κ3) is 4.71. The van der Waals surface area contributed by atoms with Crippen LogP contribution in [0.25, 0.3) is 0 Å². The zero-order valence-electron chi connectivity index (χ0n) is 13.0. The number of rotatable bonds is 6. The maximum atomic E-state index is 11.5. The van der Waals surface area contributed by atoms with Crippen LogP contribution in [0.2, 0.25) is 0 Å². The van der Waals surface area contributed by atoms with Crippen LogP contribution in [0.5, 0.6) is 0 Å². The van der Waals surface area contributed by atoms with Gasteiger partial charge in [-0.1, -0.05) is 6.92 Å². The van der Waals surface area contributed by atoms with E-state index in [0.717, 1.165) is 18.9 Å². The molecule has 1 N–H and O–H groups in total. The van der Waals surface area contributed by atoms with Crippen molar-refractivity contribution in [1.82, 2.24) is 10.2 Å². The monoisotopic (exact) mass is 302 g/mol. The fraction of sp³-hybridized carbons (Fsp3) is 1.00. The summed E-state index contributed by atoms with van der Waals surface area (Å²) in [5, 5.41) is 3.60. The van der Waals surface area contributed by atoms with Crippen molar-refractivity contribution in [2.45, 2.75) is 45.6 Å². The molecule has 0 amide bonds. The van der Waals surface area contributed by atoms with E-state index in [4.69, 9.17) is 0 Å². The Morgan fingerprint density at radius 3 is 2.50 bits per heavy atom. The summed E-state index contributed by atoms with van der Waals surface area (Å²) in [7, 11) is -2.73. The average molecular weight is 302 g/mol. The molecule has 0 aromatic rings. The molecule has 2 unspecified atom stereocenters. The van der Waals surface area contributed by atoms with E-state index in [-0.39, 0.29) is 0 Å². The van der Waals surface area contributed by atoms with Gasteiger partial charge in [0.15, 0.2) is 9.84 Å². The summed E-state index contributed by atoms with van der Waals surface area (Å²) >= 11 is 0. The molecule has 0 bridgehead atoms. The molecule has 2 rings (SSSR count). The Labute approximate surface area is 124 Å². The molecule has 118 valence electrons. The van der Waals surface area contributed by atoms with Crippen LogP contribution in [-0.2, 0) is 9.84 Å². The van der Waals surface area contributed by atoms with Crippen LogP contribution in [0.15, 0.2) is 0 Å². The van der Waals surface area contributed by atoms with E-state index in [1.165, 1.54) is 38.9 Å². The van der Waals surface area contributed by atoms with E-state index in [2.05, 4.69) is 24.1 Å². The van der Waals surface area contributed by atoms with Crippen LogP contribution in [0.3, 0.4) is 0 Å². The van der Waals surface area contributed by atoms with Crippen LogP contribution in [0, 0.1) is 11.8 Å². The van der Waals surface area contributed by atoms with E-state index in [1.54, 1.807) is 0 Å². The predicted molar refractivity (Wildman–Crippen MR) is 83.7 cm³/mol. The molecule has 2 atom stereocenters. The minimum absolute atomic E-state index is 0.336. The Kier molecular flexibility index (Phi) is 5.87. The Morgan fingerprint density at radius 2 is 1.95 bits per heavy atom. The van der Waals surface area contributed by atoms with Crippen molar-refractivity contribution in [2.75, 3.05) is 37.7 Å². The lowest BCUT2D eigenvalue weighted by molar-refractivity contribution is 0.161. The number of likely N-dealkylation sites (tertiary alicyclic amines) is 1. The van der Waals surface area contributed by atoms with Crippen molar-refractivity contribution < 1.29 is 8.42 Å². The van der Waals surface area contributed by atoms with Gasteiger partial charge in [-0.25, -0.2) is 8.42 Å². The molecule has 20 heavy (non-hydrogen) atoms. The van der Waals surface area contributed by atoms with E-state index < -0.39 is 9.84 Å². The first kappa shape index (κ1) is 16.2. The molecule has 0 aliphatic carbocycles. The SMILES string of the molecule is CCCN1CCC(C(C)NCC2CCS(=O)(=O)C2)CC1. The minimum Gasteiger partial charge on any atom is -0.314 e. The van der Waals surface area contributed by atoms with Gasteiger partial charge in [0, 0.05) is 6.04 Å². The van der Waals surface area contributed by atoms with E-state index in [1.807, 2.05) is 0 Å². The highest BCUT2D eigenvalue weighted by atomic mass is 32.2. The molecule has 2 saturated heterocycles. The number of hydrogen-bond acceptors (Lipinski definition) is 4. The number of hydrogen-bond donors (Lipinski definition) is 1. The highest BCUT2D eigenvalue weighted by Crippen LogP contribution is 2.22. The second-order valence-electron chi connectivity index (χ2n) is 6.65. The average Bonchev–Trinajstić information content (AvgIpc) is 2.77. The van der Waals surface area contributed by atoms with Crippen molar-refractivity contribution in [3.63, 3.8) is 0 Å². The first-order valence-corrected chi connectivity index (χ1v) is 9.98. The van der Waals surface area contributed by atoms with Crippen molar-refractivity contribution in [3.05, 3.63) is 0 Å². The molecule has 0 aromatic heterocycles. The fourth-order valence-electron chi connectivity index (χ4n) is 3.54. The Hall–Kier alpha value is -0.130. The topological polar surface area (TPSA) is 49.4 Å². The van der Waals surface area contributed by atoms with Gasteiger partial charge in [0.1, 0.15) is 0 Å². The molecule has 0 radical (unpaired) electrons. The van der Waals surface area contributed by atoms with Gasteiger partial charge in [0.2, 0.25) is 0 Å². The Bertz CT molecular complexity index is 389. The lowest BCUT2D eigenvalue weighted by Crippen LogP contribution is -2.43. The zero-order chi connectivity index (χ0) is 14.6. The third-order valence-corrected chi connectivity index (χ3v) is 6.77. The summed E-state index contributed by atoms with van der Waals surface area (Å²) in [5.74, 6) is 1.87. The molecule has 5 heteroatoms. The minimum atomic E-state index is -2.73. The van der Waals surface area contributed by atoms with E-state index in [9.17, 15) is 8.42 Å². The normalized spacial score (nSPS) is 29.6. The van der Waals surface area contributed by atoms with Crippen LogP contribution >= 0.6 is 0 Å². The quantitative estimate of drug-likeness (QED) is 0.808. The van der Waals surface area contributed by atoms with Gasteiger partial charge in [-0.15, -0.1) is 0 Å². The molecule has 0 aromatic carbocycles. The lowest BCUT2D eigenvalue weighted by atomic mass is 9.90. The standard InChI is InChI=1S/C15H30N2O2S/c1-3-7-17-8-4-15(5-9-17)13(2)16-11-14-6-10-20(18,19)12-14/h13-16H,3-12H2,1-2H3. The first-order valence-electron chi connectivity index (χ1n) is 8.16. The van der Waals surface area contributed by atoms with Gasteiger partial charge >= 0.3 is 0 Å². The highest BCUT2D eigenvalue weighted by Gasteiger charge is 2.29. The number of sulfone groups is 1. The Balaban J connectivity index is 1.67. The zero-order valence-corrected chi connectivity index (χ0v) is 13.8. The van der Waals surface area contributed by atoms with Crippen LogP contribution in [0.4, 0.5) is 0 Å². The van der Waals surface area contributed by atoms with Gasteiger partial charge in [-0.05, 0) is 70.6 Å². The first-order chi connectivity index (χ1) is 9.50. The molecule has 2 fully saturated rings.